The lowest BCUT2D eigenvalue weighted by Crippen LogP contribution is -2.31. The number of nitrogens with one attached hydrogen (secondary N) is 3. The van der Waals surface area contributed by atoms with E-state index in [1.807, 2.05) is 0 Å². The molecule has 1 aliphatic carbocycles. The molecule has 3 aromatic heterocycles. The molecule has 184 valence electrons. The largest absolute Gasteiger partial charge is 0.381 e. The van der Waals surface area contributed by atoms with Gasteiger partial charge in [-0.15, -0.1) is 0 Å². The van der Waals surface area contributed by atoms with E-state index in [2.05, 4.69) is 26.0 Å². The molecule has 4 atom stereocenters. The highest BCUT2D eigenvalue weighted by atomic mass is 35.5. The second-order valence-corrected chi connectivity index (χ2v) is 9.65. The van der Waals surface area contributed by atoms with Crippen LogP contribution < -0.4 is 21.5 Å². The van der Waals surface area contributed by atoms with Gasteiger partial charge in [-0.1, -0.05) is 11.6 Å². The molecule has 35 heavy (non-hydrogen) atoms. The Hall–Kier alpha value is -3.15. The van der Waals surface area contributed by atoms with Crippen LogP contribution in [0.5, 0.6) is 0 Å². The fourth-order valence-corrected chi connectivity index (χ4v) is 5.27. The first-order valence-corrected chi connectivity index (χ1v) is 12.1. The molecule has 2 aliphatic heterocycles. The predicted molar refractivity (Wildman–Crippen MR) is 130 cm³/mol. The van der Waals surface area contributed by atoms with Crippen molar-refractivity contribution in [1.29, 1.82) is 0 Å². The number of carbonyl (C=O) groups is 1. The maximum absolute atomic E-state index is 13.2. The van der Waals surface area contributed by atoms with E-state index in [0.717, 1.165) is 12.8 Å². The molecule has 1 saturated carbocycles. The van der Waals surface area contributed by atoms with Crippen molar-refractivity contribution in [2.45, 2.75) is 24.9 Å². The third-order valence-electron chi connectivity index (χ3n) is 7.02. The van der Waals surface area contributed by atoms with Gasteiger partial charge in [-0.25, -0.2) is 4.98 Å². The quantitative estimate of drug-likeness (QED) is 0.471. The first kappa shape index (κ1) is 22.3. The van der Waals surface area contributed by atoms with Crippen LogP contribution in [0.4, 0.5) is 17.3 Å². The lowest BCUT2D eigenvalue weighted by atomic mass is 10.1. The Labute approximate surface area is 205 Å². The molecule has 12 heteroatoms. The molecular weight excluding hydrogens is 474 g/mol. The number of nitrogens with zero attached hydrogens (tertiary/aromatic N) is 4. The van der Waals surface area contributed by atoms with Crippen LogP contribution in [0.25, 0.3) is 5.65 Å². The summed E-state index contributed by atoms with van der Waals surface area (Å²) in [5.41, 5.74) is 0.811. The number of anilines is 3. The van der Waals surface area contributed by atoms with E-state index in [-0.39, 0.29) is 23.6 Å². The average Bonchev–Trinajstić information content (AvgIpc) is 3.22. The highest BCUT2D eigenvalue weighted by Gasteiger charge is 2.54. The Bertz CT molecular complexity index is 1340. The van der Waals surface area contributed by atoms with Gasteiger partial charge < -0.3 is 30.0 Å². The van der Waals surface area contributed by atoms with E-state index in [9.17, 15) is 9.59 Å². The Morgan fingerprint density at radius 2 is 2.03 bits per heavy atom. The van der Waals surface area contributed by atoms with Crippen molar-refractivity contribution >= 4 is 40.5 Å². The SMILES string of the molecule is CNc1cc(Nc2cc(Cl)cn(C3CCCOC3)c2=O)nc2c(C(=O)NC3[C@H]4COC[C@@H]34)cnn12. The highest BCUT2D eigenvalue weighted by molar-refractivity contribution is 6.30. The van der Waals surface area contributed by atoms with E-state index in [1.165, 1.54) is 6.20 Å². The monoisotopic (exact) mass is 499 g/mol. The van der Waals surface area contributed by atoms with Gasteiger partial charge in [0.1, 0.15) is 22.9 Å². The fourth-order valence-electron chi connectivity index (χ4n) is 5.06. The maximum atomic E-state index is 13.2. The molecule has 2 unspecified atom stereocenters. The summed E-state index contributed by atoms with van der Waals surface area (Å²) in [6.45, 7) is 2.54. The van der Waals surface area contributed by atoms with Crippen molar-refractivity contribution in [2.24, 2.45) is 11.8 Å². The number of halogens is 1. The van der Waals surface area contributed by atoms with Crippen LogP contribution in [-0.2, 0) is 9.47 Å². The Morgan fingerprint density at radius 1 is 1.20 bits per heavy atom. The minimum atomic E-state index is -0.228. The molecule has 0 radical (unpaired) electrons. The molecule has 11 nitrogen and oxygen atoms in total. The second kappa shape index (κ2) is 8.81. The maximum Gasteiger partial charge on any atom is 0.274 e. The summed E-state index contributed by atoms with van der Waals surface area (Å²) < 4.78 is 14.1. The van der Waals surface area contributed by atoms with Crippen LogP contribution in [-0.4, -0.2) is 64.6 Å². The Balaban J connectivity index is 1.32. The second-order valence-electron chi connectivity index (χ2n) is 9.22. The van der Waals surface area contributed by atoms with Crippen molar-refractivity contribution < 1.29 is 14.3 Å². The van der Waals surface area contributed by atoms with E-state index >= 15 is 0 Å². The molecule has 3 aliphatic rings. The number of hydrogen-bond donors (Lipinski definition) is 3. The number of aromatic nitrogens is 4. The topological polar surface area (TPSA) is 124 Å². The highest BCUT2D eigenvalue weighted by Crippen LogP contribution is 2.44. The van der Waals surface area contributed by atoms with Crippen molar-refractivity contribution in [2.75, 3.05) is 44.1 Å². The lowest BCUT2D eigenvalue weighted by Gasteiger charge is -2.25. The summed E-state index contributed by atoms with van der Waals surface area (Å²) in [5.74, 6) is 1.54. The fraction of sp³-hybridized carbons (Fsp3) is 0.478. The Morgan fingerprint density at radius 3 is 2.77 bits per heavy atom. The summed E-state index contributed by atoms with van der Waals surface area (Å²) >= 11 is 6.36. The van der Waals surface area contributed by atoms with E-state index < -0.39 is 0 Å². The number of hydrogen-bond acceptors (Lipinski definition) is 8. The zero-order valence-electron chi connectivity index (χ0n) is 19.2. The third kappa shape index (κ3) is 4.03. The number of carbonyl (C=O) groups excluding carboxylic acids is 1. The third-order valence-corrected chi connectivity index (χ3v) is 7.23. The lowest BCUT2D eigenvalue weighted by molar-refractivity contribution is 0.0581. The molecule has 0 aromatic carbocycles. The normalized spacial score (nSPS) is 25.3. The van der Waals surface area contributed by atoms with Gasteiger partial charge in [0.05, 0.1) is 37.1 Å². The zero-order valence-corrected chi connectivity index (χ0v) is 19.9. The molecule has 3 aromatic rings. The number of amides is 1. The molecule has 3 fully saturated rings. The van der Waals surface area contributed by atoms with Crippen LogP contribution in [0.2, 0.25) is 5.02 Å². The number of fused-ring (bicyclic) bond motifs is 2. The standard InChI is InChI=1S/C23H26ClN7O4/c1-25-19-6-18(27-17-5-12(24)8-30(23(17)33)13-3-2-4-34-9-13)28-21-14(7-26-31(19)21)22(32)29-20-15-10-35-11-16(15)20/h5-8,13,15-16,20,25H,2-4,9-11H2,1H3,(H,27,28)(H,29,32)/t13?,15-,16+,20?. The van der Waals surface area contributed by atoms with E-state index in [0.29, 0.717) is 71.8 Å². The predicted octanol–water partition coefficient (Wildman–Crippen LogP) is 2.06. The molecule has 2 saturated heterocycles. The first-order valence-electron chi connectivity index (χ1n) is 11.7. The molecule has 1 amide bonds. The van der Waals surface area contributed by atoms with Crippen molar-refractivity contribution in [3.63, 3.8) is 0 Å². The average molecular weight is 500 g/mol. The summed E-state index contributed by atoms with van der Waals surface area (Å²) in [4.78, 5) is 30.9. The summed E-state index contributed by atoms with van der Waals surface area (Å²) in [6, 6.07) is 3.35. The zero-order chi connectivity index (χ0) is 24.1. The van der Waals surface area contributed by atoms with E-state index in [4.69, 9.17) is 21.1 Å². The van der Waals surface area contributed by atoms with Gasteiger partial charge in [0, 0.05) is 43.8 Å². The van der Waals surface area contributed by atoms with Crippen LogP contribution in [0.3, 0.4) is 0 Å². The number of rotatable bonds is 6. The van der Waals surface area contributed by atoms with Gasteiger partial charge in [-0.2, -0.15) is 9.61 Å². The van der Waals surface area contributed by atoms with E-state index in [1.54, 1.807) is 34.5 Å². The summed E-state index contributed by atoms with van der Waals surface area (Å²) in [7, 11) is 1.75. The van der Waals surface area contributed by atoms with Crippen molar-refractivity contribution in [3.05, 3.63) is 45.5 Å². The van der Waals surface area contributed by atoms with Crippen molar-refractivity contribution in [1.82, 2.24) is 24.5 Å². The van der Waals surface area contributed by atoms with Crippen LogP contribution in [0, 0.1) is 11.8 Å². The molecule has 0 bridgehead atoms. The molecule has 3 N–H and O–H groups in total. The van der Waals surface area contributed by atoms with Gasteiger partial charge in [0.15, 0.2) is 5.65 Å². The first-order chi connectivity index (χ1) is 17.0. The van der Waals surface area contributed by atoms with Crippen LogP contribution in [0.1, 0.15) is 29.2 Å². The van der Waals surface area contributed by atoms with Crippen molar-refractivity contribution in [3.8, 4) is 0 Å². The minimum absolute atomic E-state index is 0.0729. The smallest absolute Gasteiger partial charge is 0.274 e. The van der Waals surface area contributed by atoms with Gasteiger partial charge in [-0.3, -0.25) is 9.59 Å². The molecule has 5 heterocycles. The minimum Gasteiger partial charge on any atom is -0.381 e. The van der Waals surface area contributed by atoms with Crippen LogP contribution in [0.15, 0.2) is 29.3 Å². The van der Waals surface area contributed by atoms with Gasteiger partial charge in [-0.05, 0) is 18.9 Å². The molecule has 6 rings (SSSR count). The number of pyridine rings is 1. The summed E-state index contributed by atoms with van der Waals surface area (Å²) in [5, 5.41) is 14.0. The van der Waals surface area contributed by atoms with Gasteiger partial charge in [0.2, 0.25) is 0 Å². The Kier molecular flexibility index (Phi) is 5.62. The molecule has 0 spiro atoms. The summed E-state index contributed by atoms with van der Waals surface area (Å²) in [6.07, 6.45) is 4.88. The van der Waals surface area contributed by atoms with Crippen LogP contribution >= 0.6 is 11.6 Å². The molecular formula is C23H26ClN7O4. The van der Waals surface area contributed by atoms with Gasteiger partial charge >= 0.3 is 0 Å². The van der Waals surface area contributed by atoms with Gasteiger partial charge in [0.25, 0.3) is 11.5 Å². The number of ether oxygens (including phenoxy) is 2.